The molecule has 1 heterocycles. The van der Waals surface area contributed by atoms with Gasteiger partial charge >= 0.3 is 5.97 Å². The van der Waals surface area contributed by atoms with Crippen LogP contribution in [0, 0.1) is 0 Å². The third kappa shape index (κ3) is 5.25. The zero-order valence-corrected chi connectivity index (χ0v) is 14.2. The Morgan fingerprint density at radius 3 is 3.00 bits per heavy atom. The molecule has 0 aromatic heterocycles. The summed E-state index contributed by atoms with van der Waals surface area (Å²) in [6.07, 6.45) is 2.62. The average Bonchev–Trinajstić information content (AvgIpc) is 2.48. The molecule has 0 aliphatic carbocycles. The van der Waals surface area contributed by atoms with Crippen LogP contribution in [0.15, 0.2) is 22.7 Å². The van der Waals surface area contributed by atoms with Crippen LogP contribution in [0.1, 0.15) is 26.2 Å². The van der Waals surface area contributed by atoms with Crippen LogP contribution in [0.2, 0.25) is 5.02 Å². The van der Waals surface area contributed by atoms with Crippen LogP contribution in [0.4, 0.5) is 0 Å². The van der Waals surface area contributed by atoms with E-state index in [1.165, 1.54) is 0 Å². The fourth-order valence-corrected chi connectivity index (χ4v) is 2.72. The predicted molar refractivity (Wildman–Crippen MR) is 83.8 cm³/mol. The molecule has 1 aliphatic rings. The smallest absolute Gasteiger partial charge is 0.340 e. The molecule has 0 bridgehead atoms. The summed E-state index contributed by atoms with van der Waals surface area (Å²) in [5, 5.41) is 0.375. The maximum Gasteiger partial charge on any atom is 0.340 e. The molecule has 0 spiro atoms. The van der Waals surface area contributed by atoms with Crippen LogP contribution < -0.4 is 4.74 Å². The van der Waals surface area contributed by atoms with Crippen molar-refractivity contribution in [2.75, 3.05) is 13.2 Å². The van der Waals surface area contributed by atoms with E-state index in [0.29, 0.717) is 17.4 Å². The lowest BCUT2D eigenvalue weighted by Crippen LogP contribution is -2.31. The number of hydrogen-bond donors (Lipinski definition) is 0. The highest BCUT2D eigenvalue weighted by Crippen LogP contribution is 2.28. The number of halogens is 2. The second-order valence-corrected chi connectivity index (χ2v) is 6.28. The minimum absolute atomic E-state index is 0.0743. The average molecular weight is 378 g/mol. The standard InChI is InChI=1S/C15H18BrClO4/c1-10(20-9-12-4-2-3-7-19-12)15(18)21-14-6-5-11(16)8-13(14)17/h5-6,8,10,12H,2-4,7,9H2,1H3. The van der Waals surface area contributed by atoms with E-state index in [2.05, 4.69) is 15.9 Å². The second kappa shape index (κ2) is 8.13. The van der Waals surface area contributed by atoms with Gasteiger partial charge in [0.1, 0.15) is 5.75 Å². The highest BCUT2D eigenvalue weighted by atomic mass is 79.9. The van der Waals surface area contributed by atoms with E-state index >= 15 is 0 Å². The van der Waals surface area contributed by atoms with Gasteiger partial charge in [0, 0.05) is 11.1 Å². The van der Waals surface area contributed by atoms with Crippen molar-refractivity contribution in [2.24, 2.45) is 0 Å². The lowest BCUT2D eigenvalue weighted by atomic mass is 10.1. The summed E-state index contributed by atoms with van der Waals surface area (Å²) in [5.74, 6) is -0.135. The number of ether oxygens (including phenoxy) is 3. The summed E-state index contributed by atoms with van der Waals surface area (Å²) < 4.78 is 17.2. The second-order valence-electron chi connectivity index (χ2n) is 4.96. The van der Waals surface area contributed by atoms with Crippen molar-refractivity contribution in [1.29, 1.82) is 0 Å². The number of rotatable bonds is 5. The van der Waals surface area contributed by atoms with Gasteiger partial charge in [0.05, 0.1) is 17.7 Å². The Balaban J connectivity index is 1.81. The van der Waals surface area contributed by atoms with E-state index in [-0.39, 0.29) is 6.10 Å². The van der Waals surface area contributed by atoms with E-state index in [1.807, 2.05) is 0 Å². The molecule has 1 saturated heterocycles. The van der Waals surface area contributed by atoms with Crippen molar-refractivity contribution >= 4 is 33.5 Å². The summed E-state index contributed by atoms with van der Waals surface area (Å²) in [7, 11) is 0. The molecule has 116 valence electrons. The number of carbonyl (C=O) groups is 1. The third-order valence-corrected chi connectivity index (χ3v) is 4.03. The Labute approximate surface area is 137 Å². The van der Waals surface area contributed by atoms with Crippen molar-refractivity contribution in [3.05, 3.63) is 27.7 Å². The summed E-state index contributed by atoms with van der Waals surface area (Å²) in [6, 6.07) is 5.07. The maximum atomic E-state index is 12.0. The first-order valence-corrected chi connectivity index (χ1v) is 8.13. The van der Waals surface area contributed by atoms with Crippen LogP contribution in [-0.4, -0.2) is 31.4 Å². The highest BCUT2D eigenvalue weighted by molar-refractivity contribution is 9.10. The monoisotopic (exact) mass is 376 g/mol. The van der Waals surface area contributed by atoms with Crippen LogP contribution in [0.5, 0.6) is 5.75 Å². The molecule has 2 atom stereocenters. The Morgan fingerprint density at radius 2 is 2.33 bits per heavy atom. The first-order chi connectivity index (χ1) is 10.1. The molecule has 4 nitrogen and oxygen atoms in total. The number of benzene rings is 1. The summed E-state index contributed by atoms with van der Waals surface area (Å²) in [5.41, 5.74) is 0. The zero-order chi connectivity index (χ0) is 15.2. The van der Waals surface area contributed by atoms with Gasteiger partial charge in [-0.15, -0.1) is 0 Å². The topological polar surface area (TPSA) is 44.8 Å². The summed E-state index contributed by atoms with van der Waals surface area (Å²) in [4.78, 5) is 12.0. The van der Waals surface area contributed by atoms with Gasteiger partial charge in [-0.3, -0.25) is 0 Å². The van der Waals surface area contributed by atoms with Crippen molar-refractivity contribution in [3.8, 4) is 5.75 Å². The largest absolute Gasteiger partial charge is 0.423 e. The minimum Gasteiger partial charge on any atom is -0.423 e. The van der Waals surface area contributed by atoms with Gasteiger partial charge in [-0.2, -0.15) is 0 Å². The molecule has 1 aromatic rings. The first kappa shape index (κ1) is 16.7. The predicted octanol–water partition coefficient (Wildman–Crippen LogP) is 3.98. The van der Waals surface area contributed by atoms with Crippen LogP contribution in [0.3, 0.4) is 0 Å². The molecule has 0 N–H and O–H groups in total. The molecule has 21 heavy (non-hydrogen) atoms. The molecule has 2 rings (SSSR count). The SMILES string of the molecule is CC(OCC1CCCCO1)C(=O)Oc1ccc(Br)cc1Cl. The van der Waals surface area contributed by atoms with Crippen LogP contribution in [-0.2, 0) is 14.3 Å². The van der Waals surface area contributed by atoms with E-state index in [9.17, 15) is 4.79 Å². The van der Waals surface area contributed by atoms with Crippen molar-refractivity contribution < 1.29 is 19.0 Å². The van der Waals surface area contributed by atoms with Gasteiger partial charge < -0.3 is 14.2 Å². The highest BCUT2D eigenvalue weighted by Gasteiger charge is 2.21. The first-order valence-electron chi connectivity index (χ1n) is 6.96. The van der Waals surface area contributed by atoms with Gasteiger partial charge in [-0.1, -0.05) is 27.5 Å². The van der Waals surface area contributed by atoms with E-state index in [1.54, 1.807) is 25.1 Å². The zero-order valence-electron chi connectivity index (χ0n) is 11.8. The third-order valence-electron chi connectivity index (χ3n) is 3.24. The van der Waals surface area contributed by atoms with Gasteiger partial charge in [0.2, 0.25) is 0 Å². The molecule has 1 aromatic carbocycles. The fraction of sp³-hybridized carbons (Fsp3) is 0.533. The molecule has 6 heteroatoms. The molecule has 1 aliphatic heterocycles. The molecule has 0 saturated carbocycles. The van der Waals surface area contributed by atoms with E-state index < -0.39 is 12.1 Å². The number of carbonyl (C=O) groups excluding carboxylic acids is 1. The molecular weight excluding hydrogens is 360 g/mol. The van der Waals surface area contributed by atoms with E-state index in [0.717, 1.165) is 30.3 Å². The fourth-order valence-electron chi connectivity index (χ4n) is 2.01. The summed E-state index contributed by atoms with van der Waals surface area (Å²) >= 11 is 9.31. The molecule has 0 amide bonds. The normalized spacial score (nSPS) is 20.0. The minimum atomic E-state index is -0.657. The molecule has 0 radical (unpaired) electrons. The molecular formula is C15H18BrClO4. The van der Waals surface area contributed by atoms with Crippen molar-refractivity contribution in [1.82, 2.24) is 0 Å². The van der Waals surface area contributed by atoms with Crippen LogP contribution >= 0.6 is 27.5 Å². The lowest BCUT2D eigenvalue weighted by molar-refractivity contribution is -0.149. The van der Waals surface area contributed by atoms with Gasteiger partial charge in [0.15, 0.2) is 6.10 Å². The summed E-state index contributed by atoms with van der Waals surface area (Å²) in [6.45, 7) is 2.84. The Kier molecular flexibility index (Phi) is 6.48. The van der Waals surface area contributed by atoms with Gasteiger partial charge in [-0.25, -0.2) is 4.79 Å². The number of hydrogen-bond acceptors (Lipinski definition) is 4. The van der Waals surface area contributed by atoms with Crippen molar-refractivity contribution in [3.63, 3.8) is 0 Å². The number of esters is 1. The van der Waals surface area contributed by atoms with Crippen molar-refractivity contribution in [2.45, 2.75) is 38.4 Å². The maximum absolute atomic E-state index is 12.0. The van der Waals surface area contributed by atoms with Crippen LogP contribution in [0.25, 0.3) is 0 Å². The van der Waals surface area contributed by atoms with Gasteiger partial charge in [0.25, 0.3) is 0 Å². The molecule has 2 unspecified atom stereocenters. The van der Waals surface area contributed by atoms with Gasteiger partial charge in [-0.05, 0) is 44.4 Å². The Hall–Kier alpha value is -0.620. The Bertz CT molecular complexity index is 489. The van der Waals surface area contributed by atoms with E-state index in [4.69, 9.17) is 25.8 Å². The molecule has 1 fully saturated rings. The lowest BCUT2D eigenvalue weighted by Gasteiger charge is -2.23. The Morgan fingerprint density at radius 1 is 1.52 bits per heavy atom. The quantitative estimate of drug-likeness (QED) is 0.575.